The van der Waals surface area contributed by atoms with E-state index in [1.54, 1.807) is 0 Å². The first kappa shape index (κ1) is 14.5. The van der Waals surface area contributed by atoms with Crippen molar-refractivity contribution in [1.82, 2.24) is 5.32 Å². The number of hydrogen-bond donors (Lipinski definition) is 2. The predicted molar refractivity (Wildman–Crippen MR) is 77.1 cm³/mol. The first-order valence-corrected chi connectivity index (χ1v) is 7.22. The molecule has 1 aliphatic rings. The Balaban J connectivity index is 2.02. The molecule has 2 N–H and O–H groups in total. The number of aliphatic hydroxyl groups excluding tert-OH is 1. The van der Waals surface area contributed by atoms with Crippen LogP contribution in [0.3, 0.4) is 0 Å². The number of rotatable bonds is 4. The number of morpholine rings is 1. The van der Waals surface area contributed by atoms with Crippen molar-refractivity contribution in [3.63, 3.8) is 0 Å². The van der Waals surface area contributed by atoms with E-state index in [0.717, 1.165) is 18.6 Å². The van der Waals surface area contributed by atoms with Crippen molar-refractivity contribution < 1.29 is 9.84 Å². The Kier molecular flexibility index (Phi) is 4.97. The van der Waals surface area contributed by atoms with Crippen LogP contribution in [0.4, 0.5) is 0 Å². The summed E-state index contributed by atoms with van der Waals surface area (Å²) in [5.74, 6) is 0.134. The number of benzene rings is 1. The predicted octanol–water partition coefficient (Wildman–Crippen LogP) is 2.30. The molecule has 1 aromatic rings. The maximum absolute atomic E-state index is 10.5. The van der Waals surface area contributed by atoms with Crippen LogP contribution in [0.25, 0.3) is 0 Å². The Labute approximate surface area is 116 Å². The van der Waals surface area contributed by atoms with Crippen molar-refractivity contribution in [2.24, 2.45) is 5.92 Å². The van der Waals surface area contributed by atoms with Crippen molar-refractivity contribution in [1.29, 1.82) is 0 Å². The minimum Gasteiger partial charge on any atom is -0.388 e. The van der Waals surface area contributed by atoms with Crippen LogP contribution in [0.1, 0.15) is 38.0 Å². The van der Waals surface area contributed by atoms with Gasteiger partial charge in [0.2, 0.25) is 0 Å². The number of hydrogen-bond acceptors (Lipinski definition) is 3. The van der Waals surface area contributed by atoms with Gasteiger partial charge in [-0.05, 0) is 24.5 Å². The van der Waals surface area contributed by atoms with E-state index in [1.807, 2.05) is 12.1 Å². The molecule has 0 amide bonds. The van der Waals surface area contributed by atoms with E-state index in [9.17, 15) is 5.11 Å². The third-order valence-electron chi connectivity index (χ3n) is 4.03. The van der Waals surface area contributed by atoms with Crippen molar-refractivity contribution in [3.8, 4) is 0 Å². The van der Waals surface area contributed by atoms with Gasteiger partial charge < -0.3 is 15.2 Å². The van der Waals surface area contributed by atoms with Crippen molar-refractivity contribution >= 4 is 0 Å². The van der Waals surface area contributed by atoms with E-state index in [0.29, 0.717) is 12.6 Å². The average Bonchev–Trinajstić information content (AvgIpc) is 2.46. The minimum absolute atomic E-state index is 0.134. The normalized spacial score (nSPS) is 26.9. The van der Waals surface area contributed by atoms with Gasteiger partial charge in [-0.1, -0.05) is 38.1 Å². The molecule has 1 heterocycles. The van der Waals surface area contributed by atoms with E-state index in [4.69, 9.17) is 4.74 Å². The second-order valence-electron chi connectivity index (χ2n) is 5.61. The summed E-state index contributed by atoms with van der Waals surface area (Å²) in [7, 11) is 0. The van der Waals surface area contributed by atoms with Gasteiger partial charge in [-0.15, -0.1) is 0 Å². The molecule has 3 heteroatoms. The summed E-state index contributed by atoms with van der Waals surface area (Å²) in [5.41, 5.74) is 2.29. The molecule has 1 aliphatic heterocycles. The molecule has 0 aromatic heterocycles. The number of ether oxygens (including phenoxy) is 1. The molecule has 0 saturated carbocycles. The molecular weight excluding hydrogens is 238 g/mol. The Morgan fingerprint density at radius 2 is 2.00 bits per heavy atom. The van der Waals surface area contributed by atoms with Gasteiger partial charge in [0.15, 0.2) is 0 Å². The highest BCUT2D eigenvalue weighted by Crippen LogP contribution is 2.26. The zero-order chi connectivity index (χ0) is 13.8. The monoisotopic (exact) mass is 263 g/mol. The van der Waals surface area contributed by atoms with Gasteiger partial charge in [-0.2, -0.15) is 0 Å². The van der Waals surface area contributed by atoms with Crippen LogP contribution in [0.15, 0.2) is 24.3 Å². The summed E-state index contributed by atoms with van der Waals surface area (Å²) in [5, 5.41) is 14.0. The van der Waals surface area contributed by atoms with Crippen LogP contribution in [0, 0.1) is 5.92 Å². The summed E-state index contributed by atoms with van der Waals surface area (Å²) < 4.78 is 5.56. The van der Waals surface area contributed by atoms with Gasteiger partial charge in [0.1, 0.15) is 0 Å². The number of nitrogens with one attached hydrogen (secondary N) is 1. The van der Waals surface area contributed by atoms with Gasteiger partial charge in [-0.3, -0.25) is 0 Å². The molecular formula is C16H25NO2. The maximum Gasteiger partial charge on any atom is 0.0831 e. The van der Waals surface area contributed by atoms with Gasteiger partial charge in [-0.25, -0.2) is 0 Å². The fourth-order valence-corrected chi connectivity index (χ4v) is 2.61. The van der Waals surface area contributed by atoms with Gasteiger partial charge in [0, 0.05) is 18.0 Å². The summed E-state index contributed by atoms with van der Waals surface area (Å²) >= 11 is 0. The molecule has 3 nitrogen and oxygen atoms in total. The van der Waals surface area contributed by atoms with Gasteiger partial charge in [0.05, 0.1) is 19.3 Å². The zero-order valence-corrected chi connectivity index (χ0v) is 12.1. The van der Waals surface area contributed by atoms with Crippen LogP contribution in [-0.4, -0.2) is 30.4 Å². The first-order chi connectivity index (χ1) is 9.11. The molecule has 4 unspecified atom stereocenters. The molecule has 0 aliphatic carbocycles. The van der Waals surface area contributed by atoms with Crippen LogP contribution in [0.5, 0.6) is 0 Å². The van der Waals surface area contributed by atoms with Crippen LogP contribution in [-0.2, 0) is 11.2 Å². The van der Waals surface area contributed by atoms with E-state index in [-0.39, 0.29) is 12.0 Å². The Morgan fingerprint density at radius 3 is 2.58 bits per heavy atom. The molecule has 4 atom stereocenters. The summed E-state index contributed by atoms with van der Waals surface area (Å²) in [6.45, 7) is 7.76. The van der Waals surface area contributed by atoms with Gasteiger partial charge >= 0.3 is 0 Å². The molecule has 0 bridgehead atoms. The van der Waals surface area contributed by atoms with Crippen LogP contribution >= 0.6 is 0 Å². The number of aliphatic hydroxyl groups is 1. The topological polar surface area (TPSA) is 41.5 Å². The van der Waals surface area contributed by atoms with E-state index in [1.165, 1.54) is 5.56 Å². The molecule has 106 valence electrons. The Morgan fingerprint density at radius 1 is 1.32 bits per heavy atom. The van der Waals surface area contributed by atoms with Gasteiger partial charge in [0.25, 0.3) is 0 Å². The second-order valence-corrected chi connectivity index (χ2v) is 5.61. The third-order valence-corrected chi connectivity index (χ3v) is 4.03. The standard InChI is InChI=1S/C16H25NO2/c1-4-13-5-7-14(8-6-13)16(18)12(3)15-10-19-9-11(2)17-15/h5-8,11-12,15-18H,4,9-10H2,1-3H3. The quantitative estimate of drug-likeness (QED) is 0.876. The molecule has 2 rings (SSSR count). The highest BCUT2D eigenvalue weighted by molar-refractivity contribution is 5.24. The second kappa shape index (κ2) is 6.51. The van der Waals surface area contributed by atoms with Crippen LogP contribution < -0.4 is 5.32 Å². The third kappa shape index (κ3) is 3.56. The SMILES string of the molecule is CCc1ccc(C(O)C(C)C2COCC(C)N2)cc1. The highest BCUT2D eigenvalue weighted by Gasteiger charge is 2.29. The lowest BCUT2D eigenvalue weighted by Crippen LogP contribution is -2.51. The molecule has 1 aromatic carbocycles. The van der Waals surface area contributed by atoms with Crippen molar-refractivity contribution in [3.05, 3.63) is 35.4 Å². The van der Waals surface area contributed by atoms with Crippen molar-refractivity contribution in [2.45, 2.75) is 45.4 Å². The smallest absolute Gasteiger partial charge is 0.0831 e. The Bertz CT molecular complexity index is 390. The highest BCUT2D eigenvalue weighted by atomic mass is 16.5. The molecule has 1 fully saturated rings. The average molecular weight is 263 g/mol. The summed E-state index contributed by atoms with van der Waals surface area (Å²) in [6.07, 6.45) is 0.582. The summed E-state index contributed by atoms with van der Waals surface area (Å²) in [6, 6.07) is 8.83. The molecule has 0 spiro atoms. The van der Waals surface area contributed by atoms with Crippen molar-refractivity contribution in [2.75, 3.05) is 13.2 Å². The van der Waals surface area contributed by atoms with E-state index < -0.39 is 6.10 Å². The Hall–Kier alpha value is -0.900. The lowest BCUT2D eigenvalue weighted by atomic mass is 9.89. The molecule has 1 saturated heterocycles. The zero-order valence-electron chi connectivity index (χ0n) is 12.1. The largest absolute Gasteiger partial charge is 0.388 e. The van der Waals surface area contributed by atoms with E-state index in [2.05, 4.69) is 38.2 Å². The lowest BCUT2D eigenvalue weighted by molar-refractivity contribution is 0.00174. The molecule has 19 heavy (non-hydrogen) atoms. The van der Waals surface area contributed by atoms with E-state index >= 15 is 0 Å². The maximum atomic E-state index is 10.5. The first-order valence-electron chi connectivity index (χ1n) is 7.22. The fraction of sp³-hybridized carbons (Fsp3) is 0.625. The molecule has 0 radical (unpaired) electrons. The lowest BCUT2D eigenvalue weighted by Gasteiger charge is -2.35. The fourth-order valence-electron chi connectivity index (χ4n) is 2.61. The van der Waals surface area contributed by atoms with Crippen LogP contribution in [0.2, 0.25) is 0 Å². The summed E-state index contributed by atoms with van der Waals surface area (Å²) in [4.78, 5) is 0. The number of aryl methyl sites for hydroxylation is 1. The minimum atomic E-state index is -0.447.